The lowest BCUT2D eigenvalue weighted by atomic mass is 10.0. The molecule has 0 aliphatic carbocycles. The van der Waals surface area contributed by atoms with Crippen LogP contribution in [0.5, 0.6) is 0 Å². The Morgan fingerprint density at radius 1 is 1.21 bits per heavy atom. The third kappa shape index (κ3) is 3.47. The molecule has 0 radical (unpaired) electrons. The summed E-state index contributed by atoms with van der Waals surface area (Å²) in [4.78, 5) is 31.5. The summed E-state index contributed by atoms with van der Waals surface area (Å²) in [6.45, 7) is 3.55. The van der Waals surface area contributed by atoms with Crippen molar-refractivity contribution in [1.82, 2.24) is 10.1 Å². The van der Waals surface area contributed by atoms with Crippen LogP contribution in [0.1, 0.15) is 25.6 Å². The lowest BCUT2D eigenvalue weighted by Crippen LogP contribution is -2.60. The second-order valence-corrected chi connectivity index (χ2v) is 8.67. The van der Waals surface area contributed by atoms with Crippen LogP contribution in [-0.2, 0) is 4.79 Å². The van der Waals surface area contributed by atoms with E-state index in [1.54, 1.807) is 28.3 Å². The van der Waals surface area contributed by atoms with E-state index in [0.717, 1.165) is 16.2 Å². The summed E-state index contributed by atoms with van der Waals surface area (Å²) in [5, 5.41) is 5.26. The zero-order chi connectivity index (χ0) is 20.5. The summed E-state index contributed by atoms with van der Waals surface area (Å²) < 4.78 is 1.69. The van der Waals surface area contributed by atoms with Gasteiger partial charge in [-0.25, -0.2) is 4.90 Å². The highest BCUT2D eigenvalue weighted by atomic mass is 32.2. The van der Waals surface area contributed by atoms with E-state index in [9.17, 15) is 9.59 Å². The minimum Gasteiger partial charge on any atom is -0.291 e. The van der Waals surface area contributed by atoms with Gasteiger partial charge in [0.2, 0.25) is 11.1 Å². The van der Waals surface area contributed by atoms with Crippen molar-refractivity contribution in [3.05, 3.63) is 64.4 Å². The quantitative estimate of drug-likeness (QED) is 0.512. The Morgan fingerprint density at radius 2 is 1.93 bits per heavy atom. The Hall–Kier alpha value is -2.58. The molecular formula is C21H21N4O2S2+. The van der Waals surface area contributed by atoms with Crippen LogP contribution in [0.25, 0.3) is 11.3 Å². The zero-order valence-electron chi connectivity index (χ0n) is 16.4. The molecule has 148 valence electrons. The maximum absolute atomic E-state index is 13.0. The first kappa shape index (κ1) is 19.7. The van der Waals surface area contributed by atoms with Crippen molar-refractivity contribution in [3.8, 4) is 11.3 Å². The van der Waals surface area contributed by atoms with E-state index < -0.39 is 6.17 Å². The first-order valence-electron chi connectivity index (χ1n) is 9.27. The van der Waals surface area contributed by atoms with Gasteiger partial charge >= 0.3 is 11.3 Å². The molecule has 0 saturated heterocycles. The van der Waals surface area contributed by atoms with Gasteiger partial charge in [-0.15, -0.1) is 11.8 Å². The summed E-state index contributed by atoms with van der Waals surface area (Å²) >= 11 is 3.12. The van der Waals surface area contributed by atoms with Crippen LogP contribution in [0.3, 0.4) is 0 Å². The second-order valence-electron chi connectivity index (χ2n) is 6.54. The molecule has 0 spiro atoms. The molecule has 0 bridgehead atoms. The number of anilines is 1. The molecule has 2 aromatic carbocycles. The predicted molar refractivity (Wildman–Crippen MR) is 116 cm³/mol. The number of rotatable bonds is 4. The van der Waals surface area contributed by atoms with Crippen LogP contribution in [-0.4, -0.2) is 28.0 Å². The van der Waals surface area contributed by atoms with E-state index in [1.165, 1.54) is 11.8 Å². The minimum atomic E-state index is -0.535. The first-order valence-corrected chi connectivity index (χ1v) is 11.5. The lowest BCUT2D eigenvalue weighted by Gasteiger charge is -2.31. The molecule has 3 aromatic rings. The third-order valence-corrected chi connectivity index (χ3v) is 6.28. The minimum absolute atomic E-state index is 0.110. The Bertz CT molecular complexity index is 1130. The van der Waals surface area contributed by atoms with Gasteiger partial charge in [-0.2, -0.15) is 0 Å². The van der Waals surface area contributed by atoms with Crippen LogP contribution in [0.15, 0.2) is 63.4 Å². The molecule has 1 N–H and O–H groups in total. The summed E-state index contributed by atoms with van der Waals surface area (Å²) in [6.07, 6.45) is 1.49. The number of thioether (sulfide) groups is 2. The second kappa shape index (κ2) is 8.04. The summed E-state index contributed by atoms with van der Waals surface area (Å²) in [5.74, 6) is 0.670. The van der Waals surface area contributed by atoms with Gasteiger partial charge in [-0.05, 0) is 53.1 Å². The smallest absolute Gasteiger partial charge is 0.291 e. The fourth-order valence-electron chi connectivity index (χ4n) is 3.59. The molecule has 0 fully saturated rings. The Labute approximate surface area is 177 Å². The summed E-state index contributed by atoms with van der Waals surface area (Å²) in [7, 11) is 0. The molecule has 8 heteroatoms. The molecule has 0 unspecified atom stereocenters. The maximum atomic E-state index is 13.0. The van der Waals surface area contributed by atoms with E-state index >= 15 is 0 Å². The van der Waals surface area contributed by atoms with E-state index in [0.29, 0.717) is 22.1 Å². The number of H-pyrrole nitrogens is 1. The van der Waals surface area contributed by atoms with Crippen LogP contribution in [0.4, 0.5) is 5.69 Å². The van der Waals surface area contributed by atoms with Crippen molar-refractivity contribution in [2.24, 2.45) is 0 Å². The average molecular weight is 426 g/mol. The van der Waals surface area contributed by atoms with Crippen molar-refractivity contribution in [1.29, 1.82) is 0 Å². The number of fused-ring (bicyclic) bond motifs is 3. The van der Waals surface area contributed by atoms with Crippen molar-refractivity contribution < 1.29 is 9.48 Å². The van der Waals surface area contributed by atoms with Crippen molar-refractivity contribution in [2.45, 2.75) is 30.1 Å². The largest absolute Gasteiger partial charge is 0.325 e. The number of aromatic amines is 1. The fourth-order valence-corrected chi connectivity index (χ4v) is 4.58. The van der Waals surface area contributed by atoms with Gasteiger partial charge in [-0.3, -0.25) is 14.6 Å². The van der Waals surface area contributed by atoms with Crippen LogP contribution in [0, 0.1) is 0 Å². The molecule has 2 heterocycles. The van der Waals surface area contributed by atoms with E-state index in [-0.39, 0.29) is 11.5 Å². The van der Waals surface area contributed by atoms with E-state index in [1.807, 2.05) is 61.7 Å². The van der Waals surface area contributed by atoms with Crippen LogP contribution >= 0.6 is 23.5 Å². The normalized spacial score (nSPS) is 15.0. The molecular weight excluding hydrogens is 404 g/mol. The van der Waals surface area contributed by atoms with Gasteiger partial charge in [0, 0.05) is 22.5 Å². The average Bonchev–Trinajstić information content (AvgIpc) is 2.72. The number of carbonyl (C=O) groups excluding carboxylic acids is 1. The molecule has 0 saturated carbocycles. The fraction of sp³-hybridized carbons (Fsp3) is 0.238. The lowest BCUT2D eigenvalue weighted by molar-refractivity contribution is -0.763. The Kier molecular flexibility index (Phi) is 5.47. The summed E-state index contributed by atoms with van der Waals surface area (Å²) in [6, 6.07) is 15.5. The SMILES string of the molecule is CCSc1n[n+]2c(c(=O)[nH]1)-c1ccccc1N(C(C)=O)[C@H]2c1ccc(SC)cc1. The molecule has 4 rings (SSSR count). The first-order chi connectivity index (χ1) is 14.0. The van der Waals surface area contributed by atoms with Crippen molar-refractivity contribution in [3.63, 3.8) is 0 Å². The number of para-hydroxylation sites is 1. The van der Waals surface area contributed by atoms with Gasteiger partial charge in [0.15, 0.2) is 0 Å². The number of nitrogens with one attached hydrogen (secondary N) is 1. The van der Waals surface area contributed by atoms with Gasteiger partial charge in [0.25, 0.3) is 6.17 Å². The summed E-state index contributed by atoms with van der Waals surface area (Å²) in [5.41, 5.74) is 2.54. The number of amides is 1. The van der Waals surface area contributed by atoms with Gasteiger partial charge in [0.1, 0.15) is 0 Å². The number of hydrogen-bond donors (Lipinski definition) is 1. The third-order valence-electron chi connectivity index (χ3n) is 4.79. The Morgan fingerprint density at radius 3 is 2.59 bits per heavy atom. The number of aromatic nitrogens is 3. The highest BCUT2D eigenvalue weighted by Crippen LogP contribution is 2.37. The van der Waals surface area contributed by atoms with Crippen LogP contribution < -0.4 is 15.1 Å². The number of benzene rings is 2. The van der Waals surface area contributed by atoms with E-state index in [4.69, 9.17) is 5.10 Å². The number of hydrogen-bond acceptors (Lipinski definition) is 5. The standard InChI is InChI=1S/C21H20N4O2S2/c1-4-29-21-22-19(27)18-16-7-5-6-8-17(16)24(13(2)26)20(25(18)23-21)14-9-11-15(28-3)12-10-14/h5-12,20H,4H2,1-3H3/p+1/t20-/m1/s1. The van der Waals surface area contributed by atoms with Crippen molar-refractivity contribution in [2.75, 3.05) is 16.9 Å². The Balaban J connectivity index is 2.03. The highest BCUT2D eigenvalue weighted by Gasteiger charge is 2.44. The molecule has 1 aliphatic heterocycles. The van der Waals surface area contributed by atoms with Gasteiger partial charge < -0.3 is 0 Å². The number of carbonyl (C=O) groups is 1. The molecule has 1 aliphatic rings. The molecule has 1 amide bonds. The highest BCUT2D eigenvalue weighted by molar-refractivity contribution is 7.99. The van der Waals surface area contributed by atoms with E-state index in [2.05, 4.69) is 4.98 Å². The molecule has 1 atom stereocenters. The predicted octanol–water partition coefficient (Wildman–Crippen LogP) is 3.47. The molecule has 6 nitrogen and oxygen atoms in total. The number of nitrogens with zero attached hydrogens (tertiary/aromatic N) is 3. The zero-order valence-corrected chi connectivity index (χ0v) is 18.0. The topological polar surface area (TPSA) is 69.9 Å². The molecule has 1 aromatic heterocycles. The van der Waals surface area contributed by atoms with Gasteiger partial charge in [-0.1, -0.05) is 30.8 Å². The van der Waals surface area contributed by atoms with Crippen molar-refractivity contribution >= 4 is 35.1 Å². The monoisotopic (exact) mass is 425 g/mol. The van der Waals surface area contributed by atoms with Gasteiger partial charge in [0.05, 0.1) is 11.3 Å². The van der Waals surface area contributed by atoms with Crippen LogP contribution in [0.2, 0.25) is 0 Å². The maximum Gasteiger partial charge on any atom is 0.325 e. The molecule has 29 heavy (non-hydrogen) atoms.